The molecule has 26 heavy (non-hydrogen) atoms. The first-order chi connectivity index (χ1) is 12.5. The Bertz CT molecular complexity index is 947. The summed E-state index contributed by atoms with van der Waals surface area (Å²) in [5.74, 6) is -0.657. The number of halogens is 1. The zero-order chi connectivity index (χ0) is 18.7. The third-order valence-corrected chi connectivity index (χ3v) is 3.88. The molecule has 3 aromatic rings. The number of rotatable bonds is 6. The molecule has 0 saturated carbocycles. The number of benzene rings is 1. The summed E-state index contributed by atoms with van der Waals surface area (Å²) in [6, 6.07) is 7.32. The Kier molecular flexibility index (Phi) is 4.99. The molecule has 1 aromatic carbocycles. The molecule has 9 nitrogen and oxygen atoms in total. The zero-order valence-corrected chi connectivity index (χ0v) is 14.6. The Morgan fingerprint density at radius 2 is 2.00 bits per heavy atom. The summed E-state index contributed by atoms with van der Waals surface area (Å²) in [5, 5.41) is 22.4. The minimum absolute atomic E-state index is 0.234. The van der Waals surface area contributed by atoms with Gasteiger partial charge in [0.25, 0.3) is 5.91 Å². The second-order valence-corrected chi connectivity index (χ2v) is 5.92. The van der Waals surface area contributed by atoms with E-state index in [4.69, 9.17) is 11.6 Å². The molecule has 0 saturated heterocycles. The predicted octanol–water partition coefficient (Wildman–Crippen LogP) is 2.96. The Morgan fingerprint density at radius 1 is 1.27 bits per heavy atom. The van der Waals surface area contributed by atoms with Crippen LogP contribution in [0.15, 0.2) is 42.9 Å². The van der Waals surface area contributed by atoms with Crippen LogP contribution in [0.4, 0.5) is 11.4 Å². The van der Waals surface area contributed by atoms with Crippen LogP contribution in [0.1, 0.15) is 23.0 Å². The van der Waals surface area contributed by atoms with Gasteiger partial charge in [-0.05, 0) is 24.6 Å². The van der Waals surface area contributed by atoms with E-state index < -0.39 is 10.8 Å². The highest BCUT2D eigenvalue weighted by Crippen LogP contribution is 2.19. The van der Waals surface area contributed by atoms with Crippen LogP contribution in [-0.2, 0) is 13.1 Å². The van der Waals surface area contributed by atoms with Gasteiger partial charge in [0, 0.05) is 17.8 Å². The lowest BCUT2D eigenvalue weighted by Gasteiger charge is -2.02. The molecule has 0 spiro atoms. The maximum Gasteiger partial charge on any atom is 0.320 e. The number of nitro groups is 1. The van der Waals surface area contributed by atoms with Gasteiger partial charge >= 0.3 is 5.69 Å². The van der Waals surface area contributed by atoms with E-state index in [-0.39, 0.29) is 11.4 Å². The van der Waals surface area contributed by atoms with Crippen LogP contribution in [-0.4, -0.2) is 30.4 Å². The number of aryl methyl sites for hydroxylation is 1. The fraction of sp³-hybridized carbons (Fsp3) is 0.188. The number of nitrogens with one attached hydrogen (secondary N) is 1. The number of anilines is 1. The van der Waals surface area contributed by atoms with E-state index in [1.165, 1.54) is 17.1 Å². The quantitative estimate of drug-likeness (QED) is 0.527. The average molecular weight is 375 g/mol. The van der Waals surface area contributed by atoms with Gasteiger partial charge in [-0.1, -0.05) is 23.7 Å². The highest BCUT2D eigenvalue weighted by molar-refractivity contribution is 6.30. The molecule has 10 heteroatoms. The highest BCUT2D eigenvalue weighted by Gasteiger charge is 2.25. The molecule has 2 heterocycles. The number of aromatic nitrogens is 4. The van der Waals surface area contributed by atoms with Crippen molar-refractivity contribution in [1.82, 2.24) is 19.6 Å². The van der Waals surface area contributed by atoms with Crippen molar-refractivity contribution in [2.45, 2.75) is 20.0 Å². The molecule has 0 unspecified atom stereocenters. The van der Waals surface area contributed by atoms with Gasteiger partial charge in [-0.3, -0.25) is 24.3 Å². The second-order valence-electron chi connectivity index (χ2n) is 5.48. The molecule has 0 aliphatic carbocycles. The molecule has 0 fully saturated rings. The third-order valence-electron chi connectivity index (χ3n) is 3.63. The lowest BCUT2D eigenvalue weighted by molar-refractivity contribution is -0.385. The van der Waals surface area contributed by atoms with Crippen molar-refractivity contribution in [3.63, 3.8) is 0 Å². The summed E-state index contributed by atoms with van der Waals surface area (Å²) >= 11 is 5.86. The normalized spacial score (nSPS) is 10.7. The first-order valence-corrected chi connectivity index (χ1v) is 8.14. The monoisotopic (exact) mass is 374 g/mol. The summed E-state index contributed by atoms with van der Waals surface area (Å²) in [6.45, 7) is 2.70. The SMILES string of the molecule is CCn1cc([N+](=O)[O-])c(C(=O)Nc2cnn(Cc3ccc(Cl)cc3)c2)n1. The Balaban J connectivity index is 1.72. The molecule has 2 aromatic heterocycles. The number of hydrogen-bond acceptors (Lipinski definition) is 5. The van der Waals surface area contributed by atoms with E-state index in [1.807, 2.05) is 12.1 Å². The standard InChI is InChI=1S/C16H15ClN6O3/c1-2-21-10-14(23(25)26)15(20-21)16(24)19-13-7-18-22(9-13)8-11-3-5-12(17)6-4-11/h3-7,9-10H,2,8H2,1H3,(H,19,24). The maximum absolute atomic E-state index is 12.3. The van der Waals surface area contributed by atoms with Gasteiger partial charge < -0.3 is 5.32 Å². The molecule has 0 radical (unpaired) electrons. The van der Waals surface area contributed by atoms with Crippen LogP contribution in [0.25, 0.3) is 0 Å². The topological polar surface area (TPSA) is 108 Å². The molecule has 0 aliphatic rings. The van der Waals surface area contributed by atoms with Crippen molar-refractivity contribution in [3.8, 4) is 0 Å². The molecular formula is C16H15ClN6O3. The smallest absolute Gasteiger partial charge is 0.318 e. The largest absolute Gasteiger partial charge is 0.320 e. The number of carbonyl (C=O) groups excluding carboxylic acids is 1. The van der Waals surface area contributed by atoms with E-state index in [2.05, 4.69) is 15.5 Å². The van der Waals surface area contributed by atoms with Gasteiger partial charge in [-0.25, -0.2) is 0 Å². The maximum atomic E-state index is 12.3. The number of amides is 1. The molecule has 3 rings (SSSR count). The van der Waals surface area contributed by atoms with E-state index in [0.29, 0.717) is 23.8 Å². The molecule has 0 atom stereocenters. The van der Waals surface area contributed by atoms with Gasteiger partial charge in [0.05, 0.1) is 23.4 Å². The molecule has 1 N–H and O–H groups in total. The number of carbonyl (C=O) groups is 1. The van der Waals surface area contributed by atoms with Gasteiger partial charge in [0.15, 0.2) is 0 Å². The van der Waals surface area contributed by atoms with Gasteiger partial charge in [0.1, 0.15) is 6.20 Å². The third kappa shape index (κ3) is 3.89. The van der Waals surface area contributed by atoms with E-state index >= 15 is 0 Å². The predicted molar refractivity (Wildman–Crippen MR) is 95.3 cm³/mol. The zero-order valence-electron chi connectivity index (χ0n) is 13.8. The minimum atomic E-state index is -0.657. The van der Waals surface area contributed by atoms with Crippen LogP contribution in [0.5, 0.6) is 0 Å². The number of hydrogen-bond donors (Lipinski definition) is 1. The van der Waals surface area contributed by atoms with Gasteiger partial charge in [-0.15, -0.1) is 0 Å². The summed E-state index contributed by atoms with van der Waals surface area (Å²) in [5.41, 5.74) is 0.845. The van der Waals surface area contributed by atoms with Crippen LogP contribution < -0.4 is 5.32 Å². The second kappa shape index (κ2) is 7.36. The summed E-state index contributed by atoms with van der Waals surface area (Å²) < 4.78 is 2.98. The minimum Gasteiger partial charge on any atom is -0.318 e. The van der Waals surface area contributed by atoms with Crippen molar-refractivity contribution < 1.29 is 9.72 Å². The highest BCUT2D eigenvalue weighted by atomic mass is 35.5. The van der Waals surface area contributed by atoms with E-state index in [0.717, 1.165) is 5.56 Å². The Morgan fingerprint density at radius 3 is 2.65 bits per heavy atom. The van der Waals surface area contributed by atoms with Crippen LogP contribution in [0.2, 0.25) is 5.02 Å². The van der Waals surface area contributed by atoms with Crippen molar-refractivity contribution in [1.29, 1.82) is 0 Å². The Labute approximate surface area is 153 Å². The summed E-state index contributed by atoms with van der Waals surface area (Å²) in [7, 11) is 0. The fourth-order valence-corrected chi connectivity index (χ4v) is 2.48. The first-order valence-electron chi connectivity index (χ1n) is 7.76. The average Bonchev–Trinajstić information content (AvgIpc) is 3.23. The summed E-state index contributed by atoms with van der Waals surface area (Å²) in [6.07, 6.45) is 4.34. The first kappa shape index (κ1) is 17.6. The fourth-order valence-electron chi connectivity index (χ4n) is 2.35. The van der Waals surface area contributed by atoms with Crippen molar-refractivity contribution in [2.24, 2.45) is 0 Å². The van der Waals surface area contributed by atoms with Gasteiger partial charge in [-0.2, -0.15) is 10.2 Å². The molecule has 1 amide bonds. The molecule has 134 valence electrons. The number of nitrogens with zero attached hydrogens (tertiary/aromatic N) is 5. The van der Waals surface area contributed by atoms with Crippen LogP contribution in [0.3, 0.4) is 0 Å². The van der Waals surface area contributed by atoms with E-state index in [1.54, 1.807) is 29.9 Å². The summed E-state index contributed by atoms with van der Waals surface area (Å²) in [4.78, 5) is 22.8. The van der Waals surface area contributed by atoms with Gasteiger partial charge in [0.2, 0.25) is 5.69 Å². The van der Waals surface area contributed by atoms with Crippen molar-refractivity contribution >= 4 is 28.9 Å². The lowest BCUT2D eigenvalue weighted by atomic mass is 10.2. The Hall–Kier alpha value is -3.20. The van der Waals surface area contributed by atoms with Crippen molar-refractivity contribution in [2.75, 3.05) is 5.32 Å². The molecule has 0 aliphatic heterocycles. The molecular weight excluding hydrogens is 360 g/mol. The van der Waals surface area contributed by atoms with Crippen molar-refractivity contribution in [3.05, 3.63) is 69.3 Å². The lowest BCUT2D eigenvalue weighted by Crippen LogP contribution is -2.14. The molecule has 0 bridgehead atoms. The van der Waals surface area contributed by atoms with Crippen LogP contribution >= 0.6 is 11.6 Å². The van der Waals surface area contributed by atoms with E-state index in [9.17, 15) is 14.9 Å². The van der Waals surface area contributed by atoms with Crippen LogP contribution in [0, 0.1) is 10.1 Å².